The number of aryl methyl sites for hydroxylation is 3. The molecule has 1 aromatic heterocycles. The molecule has 1 aliphatic rings. The van der Waals surface area contributed by atoms with E-state index in [1.54, 1.807) is 4.57 Å². The maximum absolute atomic E-state index is 11.8. The maximum Gasteiger partial charge on any atom is 0.254 e. The highest BCUT2D eigenvalue weighted by atomic mass is 16.3. The van der Waals surface area contributed by atoms with Gasteiger partial charge in [-0.3, -0.25) is 4.79 Å². The summed E-state index contributed by atoms with van der Waals surface area (Å²) in [6.45, 7) is 2.77. The fourth-order valence-corrected chi connectivity index (χ4v) is 2.59. The molecule has 16 heavy (non-hydrogen) atoms. The first kappa shape index (κ1) is 9.46. The summed E-state index contributed by atoms with van der Waals surface area (Å²) in [5, 5.41) is 10.6. The molecule has 3 rings (SSSR count). The lowest BCUT2D eigenvalue weighted by Gasteiger charge is -2.20. The Balaban J connectivity index is 2.58. The van der Waals surface area contributed by atoms with E-state index < -0.39 is 0 Å². The summed E-state index contributed by atoms with van der Waals surface area (Å²) in [5.74, 6) is 0.100. The van der Waals surface area contributed by atoms with E-state index in [1.165, 1.54) is 11.6 Å². The molecule has 0 radical (unpaired) electrons. The summed E-state index contributed by atoms with van der Waals surface area (Å²) >= 11 is 0. The summed E-state index contributed by atoms with van der Waals surface area (Å²) in [4.78, 5) is 11.8. The first-order chi connectivity index (χ1) is 7.66. The molecule has 3 heteroatoms. The second kappa shape index (κ2) is 3.11. The van der Waals surface area contributed by atoms with Crippen molar-refractivity contribution in [3.63, 3.8) is 0 Å². The molecule has 0 unspecified atom stereocenters. The Morgan fingerprint density at radius 1 is 1.31 bits per heavy atom. The van der Waals surface area contributed by atoms with Crippen molar-refractivity contribution in [2.24, 2.45) is 0 Å². The molecule has 0 fully saturated rings. The van der Waals surface area contributed by atoms with Crippen molar-refractivity contribution in [3.8, 4) is 5.75 Å². The van der Waals surface area contributed by atoms with Crippen LogP contribution < -0.4 is 5.56 Å². The lowest BCUT2D eigenvalue weighted by molar-refractivity contribution is 0.477. The van der Waals surface area contributed by atoms with Gasteiger partial charge in [0, 0.05) is 18.0 Å². The predicted octanol–water partition coefficient (Wildman–Crippen LogP) is 1.96. The van der Waals surface area contributed by atoms with Crippen molar-refractivity contribution < 1.29 is 5.11 Å². The minimum Gasteiger partial charge on any atom is -0.507 e. The SMILES string of the molecule is Cc1cc2c3c(c1)c(O)cc(=O)n3CCC2. The highest BCUT2D eigenvalue weighted by Crippen LogP contribution is 2.30. The minimum absolute atomic E-state index is 0.100. The van der Waals surface area contributed by atoms with Crippen LogP contribution in [0.4, 0.5) is 0 Å². The van der Waals surface area contributed by atoms with E-state index in [1.807, 2.05) is 13.0 Å². The van der Waals surface area contributed by atoms with E-state index in [0.29, 0.717) is 0 Å². The quantitative estimate of drug-likeness (QED) is 0.730. The van der Waals surface area contributed by atoms with E-state index >= 15 is 0 Å². The number of benzene rings is 1. The Hall–Kier alpha value is -1.77. The van der Waals surface area contributed by atoms with Crippen LogP contribution in [0.25, 0.3) is 10.9 Å². The van der Waals surface area contributed by atoms with Crippen LogP contribution in [-0.4, -0.2) is 9.67 Å². The van der Waals surface area contributed by atoms with Gasteiger partial charge in [-0.2, -0.15) is 0 Å². The Morgan fingerprint density at radius 2 is 2.12 bits per heavy atom. The second-order valence-corrected chi connectivity index (χ2v) is 4.44. The molecular formula is C13H13NO2. The van der Waals surface area contributed by atoms with E-state index in [4.69, 9.17) is 0 Å². The molecule has 0 bridgehead atoms. The van der Waals surface area contributed by atoms with Crippen molar-refractivity contribution in [1.82, 2.24) is 4.57 Å². The Kier molecular flexibility index (Phi) is 1.84. The van der Waals surface area contributed by atoms with Crippen LogP contribution in [-0.2, 0) is 13.0 Å². The summed E-state index contributed by atoms with van der Waals surface area (Å²) in [6, 6.07) is 5.36. The van der Waals surface area contributed by atoms with Crippen molar-refractivity contribution in [2.75, 3.05) is 0 Å². The topological polar surface area (TPSA) is 42.2 Å². The normalized spacial score (nSPS) is 14.3. The zero-order valence-electron chi connectivity index (χ0n) is 9.16. The Morgan fingerprint density at radius 3 is 2.94 bits per heavy atom. The van der Waals surface area contributed by atoms with Gasteiger partial charge >= 0.3 is 0 Å². The minimum atomic E-state index is -0.102. The molecule has 0 aliphatic carbocycles. The highest BCUT2D eigenvalue weighted by molar-refractivity contribution is 5.88. The van der Waals surface area contributed by atoms with Crippen LogP contribution in [0.15, 0.2) is 23.0 Å². The molecule has 0 atom stereocenters. The Labute approximate surface area is 93.0 Å². The van der Waals surface area contributed by atoms with E-state index in [2.05, 4.69) is 6.07 Å². The third kappa shape index (κ3) is 1.18. The number of pyridine rings is 1. The van der Waals surface area contributed by atoms with Gasteiger partial charge in [-0.05, 0) is 37.0 Å². The van der Waals surface area contributed by atoms with Gasteiger partial charge < -0.3 is 9.67 Å². The molecular weight excluding hydrogens is 202 g/mol. The van der Waals surface area contributed by atoms with E-state index in [-0.39, 0.29) is 11.3 Å². The average molecular weight is 215 g/mol. The van der Waals surface area contributed by atoms with Gasteiger partial charge in [0.05, 0.1) is 5.52 Å². The van der Waals surface area contributed by atoms with Crippen LogP contribution in [0.2, 0.25) is 0 Å². The van der Waals surface area contributed by atoms with E-state index in [9.17, 15) is 9.90 Å². The molecule has 82 valence electrons. The summed E-state index contributed by atoms with van der Waals surface area (Å²) < 4.78 is 1.77. The van der Waals surface area contributed by atoms with E-state index in [0.717, 1.165) is 35.9 Å². The monoisotopic (exact) mass is 215 g/mol. The van der Waals surface area contributed by atoms with Crippen molar-refractivity contribution in [3.05, 3.63) is 39.7 Å². The van der Waals surface area contributed by atoms with Gasteiger partial charge in [0.2, 0.25) is 0 Å². The van der Waals surface area contributed by atoms with Gasteiger partial charge in [-0.25, -0.2) is 0 Å². The number of nitrogens with zero attached hydrogens (tertiary/aromatic N) is 1. The molecule has 0 saturated heterocycles. The number of hydrogen-bond acceptors (Lipinski definition) is 2. The van der Waals surface area contributed by atoms with Crippen molar-refractivity contribution >= 4 is 10.9 Å². The number of hydrogen-bond donors (Lipinski definition) is 1. The zero-order valence-corrected chi connectivity index (χ0v) is 9.16. The lowest BCUT2D eigenvalue weighted by atomic mass is 9.98. The highest BCUT2D eigenvalue weighted by Gasteiger charge is 2.16. The molecule has 1 N–H and O–H groups in total. The number of rotatable bonds is 0. The third-order valence-electron chi connectivity index (χ3n) is 3.23. The van der Waals surface area contributed by atoms with Gasteiger partial charge in [0.15, 0.2) is 0 Å². The van der Waals surface area contributed by atoms with Crippen LogP contribution >= 0.6 is 0 Å². The zero-order chi connectivity index (χ0) is 11.3. The first-order valence-electron chi connectivity index (χ1n) is 5.53. The van der Waals surface area contributed by atoms with Crippen LogP contribution in [0.5, 0.6) is 5.75 Å². The molecule has 1 aromatic carbocycles. The molecule has 1 aliphatic heterocycles. The van der Waals surface area contributed by atoms with Gasteiger partial charge in [-0.1, -0.05) is 6.07 Å². The summed E-state index contributed by atoms with van der Waals surface area (Å²) in [5.41, 5.74) is 3.12. The third-order valence-corrected chi connectivity index (χ3v) is 3.23. The fraction of sp³-hybridized carbons (Fsp3) is 0.308. The lowest BCUT2D eigenvalue weighted by Crippen LogP contribution is -2.23. The maximum atomic E-state index is 11.8. The van der Waals surface area contributed by atoms with Crippen LogP contribution in [0, 0.1) is 6.92 Å². The summed E-state index contributed by atoms with van der Waals surface area (Å²) in [7, 11) is 0. The van der Waals surface area contributed by atoms with Gasteiger partial charge in [0.1, 0.15) is 5.75 Å². The van der Waals surface area contributed by atoms with Crippen LogP contribution in [0.3, 0.4) is 0 Å². The second-order valence-electron chi connectivity index (χ2n) is 4.44. The summed E-state index contributed by atoms with van der Waals surface area (Å²) in [6.07, 6.45) is 1.98. The van der Waals surface area contributed by atoms with Gasteiger partial charge in [0.25, 0.3) is 5.56 Å². The molecule has 2 aromatic rings. The molecule has 0 amide bonds. The molecule has 0 saturated carbocycles. The first-order valence-corrected chi connectivity index (χ1v) is 5.53. The van der Waals surface area contributed by atoms with Crippen molar-refractivity contribution in [1.29, 1.82) is 0 Å². The molecule has 2 heterocycles. The largest absolute Gasteiger partial charge is 0.507 e. The molecule has 0 spiro atoms. The predicted molar refractivity (Wildman–Crippen MR) is 62.9 cm³/mol. The fourth-order valence-electron chi connectivity index (χ4n) is 2.59. The van der Waals surface area contributed by atoms with Gasteiger partial charge in [-0.15, -0.1) is 0 Å². The Bertz CT molecular complexity index is 640. The average Bonchev–Trinajstić information content (AvgIpc) is 2.25. The van der Waals surface area contributed by atoms with Crippen LogP contribution in [0.1, 0.15) is 17.5 Å². The van der Waals surface area contributed by atoms with Crippen molar-refractivity contribution in [2.45, 2.75) is 26.3 Å². The standard InChI is InChI=1S/C13H13NO2/c1-8-5-9-3-2-4-14-12(16)7-11(15)10(6-8)13(9)14/h5-7,15H,2-4H2,1H3. The molecule has 3 nitrogen and oxygen atoms in total. The number of aromatic nitrogens is 1. The number of aromatic hydroxyl groups is 1. The smallest absolute Gasteiger partial charge is 0.254 e.